The summed E-state index contributed by atoms with van der Waals surface area (Å²) in [5, 5.41) is 7.71. The molecule has 0 bridgehead atoms. The van der Waals surface area contributed by atoms with Gasteiger partial charge < -0.3 is 10.6 Å². The second kappa shape index (κ2) is 9.35. The van der Waals surface area contributed by atoms with E-state index in [1.165, 1.54) is 16.7 Å². The highest BCUT2D eigenvalue weighted by Gasteiger charge is 2.27. The van der Waals surface area contributed by atoms with Gasteiger partial charge in [-0.25, -0.2) is 0 Å². The molecule has 0 aromatic carbocycles. The van der Waals surface area contributed by atoms with Gasteiger partial charge in [0.15, 0.2) is 5.96 Å². The minimum Gasteiger partial charge on any atom is -0.370 e. The van der Waals surface area contributed by atoms with E-state index in [2.05, 4.69) is 44.7 Å². The van der Waals surface area contributed by atoms with Gasteiger partial charge in [-0.3, -0.25) is 20.3 Å². The fraction of sp³-hybridized carbons (Fsp3) is 0.522. The average Bonchev–Trinajstić information content (AvgIpc) is 2.69. The van der Waals surface area contributed by atoms with Crippen LogP contribution in [0.3, 0.4) is 0 Å². The second-order valence-corrected chi connectivity index (χ2v) is 8.48. The van der Waals surface area contributed by atoms with Crippen LogP contribution in [0.15, 0.2) is 30.6 Å². The first-order chi connectivity index (χ1) is 13.8. The number of hydrogen-bond donors (Lipinski definition) is 2. The minimum atomic E-state index is 0.179. The van der Waals surface area contributed by atoms with Crippen molar-refractivity contribution in [3.05, 3.63) is 58.7 Å². The molecule has 0 amide bonds. The van der Waals surface area contributed by atoms with E-state index in [1.807, 2.05) is 23.4 Å². The van der Waals surface area contributed by atoms with Gasteiger partial charge in [-0.2, -0.15) is 0 Å². The van der Waals surface area contributed by atoms with Crippen LogP contribution < -0.4 is 5.73 Å². The zero-order valence-corrected chi connectivity index (χ0v) is 18.2. The number of hydrogen-bond acceptors (Lipinski definition) is 4. The summed E-state index contributed by atoms with van der Waals surface area (Å²) in [7, 11) is 0. The molecule has 3 heterocycles. The molecule has 3 N–H and O–H groups in total. The molecule has 0 radical (unpaired) electrons. The maximum Gasteiger partial charge on any atom is 0.188 e. The lowest BCUT2D eigenvalue weighted by Gasteiger charge is -2.39. The van der Waals surface area contributed by atoms with Crippen LogP contribution in [0, 0.1) is 19.3 Å². The number of aromatic nitrogens is 2. The third-order valence-electron chi connectivity index (χ3n) is 5.90. The topological polar surface area (TPSA) is 82.1 Å². The lowest BCUT2D eigenvalue weighted by atomic mass is 9.98. The molecular weight excluding hydrogens is 360 g/mol. The molecule has 0 unspecified atom stereocenters. The van der Waals surface area contributed by atoms with Crippen molar-refractivity contribution in [1.82, 2.24) is 19.8 Å². The summed E-state index contributed by atoms with van der Waals surface area (Å²) in [6.07, 6.45) is 5.84. The molecule has 1 aliphatic rings. The predicted molar refractivity (Wildman–Crippen MR) is 118 cm³/mol. The minimum absolute atomic E-state index is 0.179. The Morgan fingerprint density at radius 3 is 2.52 bits per heavy atom. The molecule has 1 aliphatic heterocycles. The van der Waals surface area contributed by atoms with E-state index in [0.717, 1.165) is 50.4 Å². The monoisotopic (exact) mass is 394 g/mol. The number of pyridine rings is 2. The van der Waals surface area contributed by atoms with Crippen molar-refractivity contribution in [3.63, 3.8) is 0 Å². The van der Waals surface area contributed by atoms with Gasteiger partial charge in [-0.05, 0) is 55.4 Å². The largest absolute Gasteiger partial charge is 0.370 e. The van der Waals surface area contributed by atoms with Crippen LogP contribution in [-0.2, 0) is 13.1 Å². The van der Waals surface area contributed by atoms with E-state index in [-0.39, 0.29) is 5.96 Å². The zero-order valence-electron chi connectivity index (χ0n) is 18.2. The van der Waals surface area contributed by atoms with Gasteiger partial charge in [0, 0.05) is 44.6 Å². The first-order valence-electron chi connectivity index (χ1n) is 10.5. The van der Waals surface area contributed by atoms with Crippen LogP contribution in [0.25, 0.3) is 0 Å². The second-order valence-electron chi connectivity index (χ2n) is 8.48. The standard InChI is InChI=1S/C23H34N6/c1-16(2)20-6-5-9-26-22(20)15-29(14-21-18(4)12-17(3)13-27-21)19-7-10-28(11-8-19)23(24)25/h5-6,9,12-13,16,19H,7-8,10-11,14-15H2,1-4H3,(H3,24,25). The van der Waals surface area contributed by atoms with Crippen LogP contribution in [0.5, 0.6) is 0 Å². The molecule has 3 rings (SSSR count). The molecule has 0 atom stereocenters. The van der Waals surface area contributed by atoms with Gasteiger partial charge >= 0.3 is 0 Å². The molecule has 2 aromatic heterocycles. The van der Waals surface area contributed by atoms with E-state index in [4.69, 9.17) is 21.1 Å². The van der Waals surface area contributed by atoms with E-state index < -0.39 is 0 Å². The molecule has 1 saturated heterocycles. The normalized spacial score (nSPS) is 15.3. The van der Waals surface area contributed by atoms with Crippen molar-refractivity contribution < 1.29 is 0 Å². The van der Waals surface area contributed by atoms with Crippen LogP contribution in [0.1, 0.15) is 60.7 Å². The SMILES string of the molecule is Cc1cnc(CN(Cc2ncccc2C(C)C)C2CCN(C(=N)N)CC2)c(C)c1. The molecule has 0 aliphatic carbocycles. The molecule has 1 fully saturated rings. The first kappa shape index (κ1) is 21.2. The summed E-state index contributed by atoms with van der Waals surface area (Å²) in [6, 6.07) is 6.85. The molecule has 2 aromatic rings. The summed E-state index contributed by atoms with van der Waals surface area (Å²) in [4.78, 5) is 13.9. The summed E-state index contributed by atoms with van der Waals surface area (Å²) >= 11 is 0. The van der Waals surface area contributed by atoms with Crippen LogP contribution in [0.2, 0.25) is 0 Å². The molecular formula is C23H34N6. The van der Waals surface area contributed by atoms with E-state index in [1.54, 1.807) is 0 Å². The maximum atomic E-state index is 7.71. The lowest BCUT2D eigenvalue weighted by Crippen LogP contribution is -2.48. The number of guanidine groups is 1. The van der Waals surface area contributed by atoms with Crippen LogP contribution in [-0.4, -0.2) is 44.9 Å². The zero-order chi connectivity index (χ0) is 21.0. The van der Waals surface area contributed by atoms with Gasteiger partial charge in [0.2, 0.25) is 0 Å². The van der Waals surface area contributed by atoms with E-state index >= 15 is 0 Å². The van der Waals surface area contributed by atoms with Crippen LogP contribution >= 0.6 is 0 Å². The highest BCUT2D eigenvalue weighted by atomic mass is 15.3. The van der Waals surface area contributed by atoms with Crippen molar-refractivity contribution in [2.45, 2.75) is 65.6 Å². The van der Waals surface area contributed by atoms with Gasteiger partial charge in [0.25, 0.3) is 0 Å². The predicted octanol–water partition coefficient (Wildman–Crippen LogP) is 3.58. The third kappa shape index (κ3) is 5.32. The fourth-order valence-corrected chi connectivity index (χ4v) is 4.19. The van der Waals surface area contributed by atoms with Crippen molar-refractivity contribution >= 4 is 5.96 Å². The number of nitrogens with one attached hydrogen (secondary N) is 1. The van der Waals surface area contributed by atoms with Crippen molar-refractivity contribution in [1.29, 1.82) is 5.41 Å². The summed E-state index contributed by atoms with van der Waals surface area (Å²) in [5.74, 6) is 0.622. The van der Waals surface area contributed by atoms with Crippen molar-refractivity contribution in [2.75, 3.05) is 13.1 Å². The highest BCUT2D eigenvalue weighted by Crippen LogP contribution is 2.25. The highest BCUT2D eigenvalue weighted by molar-refractivity contribution is 5.74. The Morgan fingerprint density at radius 1 is 1.21 bits per heavy atom. The molecule has 0 saturated carbocycles. The van der Waals surface area contributed by atoms with Gasteiger partial charge in [-0.15, -0.1) is 0 Å². The number of piperidine rings is 1. The molecule has 0 spiro atoms. The number of likely N-dealkylation sites (tertiary alicyclic amines) is 1. The number of nitrogens with zero attached hydrogens (tertiary/aromatic N) is 4. The summed E-state index contributed by atoms with van der Waals surface area (Å²) < 4.78 is 0. The Kier molecular flexibility index (Phi) is 6.85. The first-order valence-corrected chi connectivity index (χ1v) is 10.5. The number of aryl methyl sites for hydroxylation is 2. The smallest absolute Gasteiger partial charge is 0.188 e. The summed E-state index contributed by atoms with van der Waals surface area (Å²) in [5.41, 5.74) is 11.7. The summed E-state index contributed by atoms with van der Waals surface area (Å²) in [6.45, 7) is 12.0. The maximum absolute atomic E-state index is 7.71. The molecule has 6 heteroatoms. The quantitative estimate of drug-likeness (QED) is 0.578. The Balaban J connectivity index is 1.84. The lowest BCUT2D eigenvalue weighted by molar-refractivity contribution is 0.117. The fourth-order valence-electron chi connectivity index (χ4n) is 4.19. The van der Waals surface area contributed by atoms with E-state index in [9.17, 15) is 0 Å². The number of nitrogens with two attached hydrogens (primary N) is 1. The van der Waals surface area contributed by atoms with Gasteiger partial charge in [-0.1, -0.05) is 26.0 Å². The van der Waals surface area contributed by atoms with Crippen molar-refractivity contribution in [3.8, 4) is 0 Å². The average molecular weight is 395 g/mol. The Bertz CT molecular complexity index is 839. The molecule has 6 nitrogen and oxygen atoms in total. The van der Waals surface area contributed by atoms with E-state index in [0.29, 0.717) is 12.0 Å². The molecule has 156 valence electrons. The van der Waals surface area contributed by atoms with Crippen molar-refractivity contribution in [2.24, 2.45) is 5.73 Å². The number of rotatable bonds is 6. The molecule has 29 heavy (non-hydrogen) atoms. The van der Waals surface area contributed by atoms with Gasteiger partial charge in [0.05, 0.1) is 11.4 Å². The van der Waals surface area contributed by atoms with Gasteiger partial charge in [0.1, 0.15) is 0 Å². The van der Waals surface area contributed by atoms with Crippen LogP contribution in [0.4, 0.5) is 0 Å². The third-order valence-corrected chi connectivity index (χ3v) is 5.90. The Labute approximate surface area is 174 Å². The Hall–Kier alpha value is -2.47. The Morgan fingerprint density at radius 2 is 1.90 bits per heavy atom.